The Morgan fingerprint density at radius 3 is 1.95 bits per heavy atom. The molecule has 124 valence electrons. The zero-order valence-electron chi connectivity index (χ0n) is 14.4. The molecule has 2 heteroatoms. The average Bonchev–Trinajstić information content (AvgIpc) is 2.56. The second-order valence-corrected chi connectivity index (χ2v) is 7.20. The Morgan fingerprint density at radius 2 is 1.43 bits per heavy atom. The monoisotopic (exact) mass is 295 g/mol. The fourth-order valence-electron chi connectivity index (χ4n) is 4.54. The molecule has 2 unspecified atom stereocenters. The summed E-state index contributed by atoms with van der Waals surface area (Å²) in [4.78, 5) is 0. The lowest BCUT2D eigenvalue weighted by Gasteiger charge is -2.41. The van der Waals surface area contributed by atoms with Gasteiger partial charge in [-0.2, -0.15) is 0 Å². The summed E-state index contributed by atoms with van der Waals surface area (Å²) in [7, 11) is 0. The molecule has 0 saturated heterocycles. The molecule has 2 aliphatic carbocycles. The van der Waals surface area contributed by atoms with Gasteiger partial charge in [-0.1, -0.05) is 45.4 Å². The van der Waals surface area contributed by atoms with Gasteiger partial charge in [0.15, 0.2) is 0 Å². The van der Waals surface area contributed by atoms with Crippen LogP contribution in [0.4, 0.5) is 0 Å². The Hall–Kier alpha value is -0.0800. The van der Waals surface area contributed by atoms with Gasteiger partial charge >= 0.3 is 0 Å². The van der Waals surface area contributed by atoms with Crippen molar-refractivity contribution < 1.29 is 4.74 Å². The van der Waals surface area contributed by atoms with E-state index in [0.29, 0.717) is 12.1 Å². The number of ether oxygens (including phenoxy) is 1. The maximum atomic E-state index is 6.33. The molecule has 2 nitrogen and oxygen atoms in total. The summed E-state index contributed by atoms with van der Waals surface area (Å²) in [6, 6.07) is 0.605. The molecule has 0 aromatic heterocycles. The third-order valence-electron chi connectivity index (χ3n) is 5.62. The Balaban J connectivity index is 2.04. The molecule has 2 fully saturated rings. The highest BCUT2D eigenvalue weighted by atomic mass is 16.5. The van der Waals surface area contributed by atoms with Crippen LogP contribution in [0.25, 0.3) is 0 Å². The SMILES string of the molecule is CCCNC(C1CCCCC1)C(OCC)C1CCCCC1. The maximum absolute atomic E-state index is 6.33. The first-order valence-corrected chi connectivity index (χ1v) is 9.71. The van der Waals surface area contributed by atoms with Crippen LogP contribution >= 0.6 is 0 Å². The Kier molecular flexibility index (Phi) is 8.10. The van der Waals surface area contributed by atoms with E-state index in [4.69, 9.17) is 4.74 Å². The predicted molar refractivity (Wildman–Crippen MR) is 90.6 cm³/mol. The Bertz CT molecular complexity index is 256. The topological polar surface area (TPSA) is 21.3 Å². The Labute approximate surface area is 132 Å². The zero-order chi connectivity index (χ0) is 14.9. The van der Waals surface area contributed by atoms with Gasteiger partial charge in [-0.3, -0.25) is 0 Å². The van der Waals surface area contributed by atoms with Gasteiger partial charge in [-0.15, -0.1) is 0 Å². The summed E-state index contributed by atoms with van der Waals surface area (Å²) < 4.78 is 6.33. The lowest BCUT2D eigenvalue weighted by molar-refractivity contribution is -0.0353. The zero-order valence-corrected chi connectivity index (χ0v) is 14.4. The summed E-state index contributed by atoms with van der Waals surface area (Å²) >= 11 is 0. The van der Waals surface area contributed by atoms with E-state index in [1.54, 1.807) is 0 Å². The van der Waals surface area contributed by atoms with Gasteiger partial charge in [0.05, 0.1) is 6.10 Å². The summed E-state index contributed by atoms with van der Waals surface area (Å²) in [5.74, 6) is 1.65. The lowest BCUT2D eigenvalue weighted by Crippen LogP contribution is -2.51. The minimum Gasteiger partial charge on any atom is -0.377 e. The van der Waals surface area contributed by atoms with Crippen LogP contribution in [0.1, 0.15) is 84.5 Å². The maximum Gasteiger partial charge on any atom is 0.0758 e. The molecular formula is C19H37NO. The molecule has 1 N–H and O–H groups in total. The molecule has 0 aromatic rings. The Morgan fingerprint density at radius 1 is 0.857 bits per heavy atom. The first-order valence-electron chi connectivity index (χ1n) is 9.71. The second kappa shape index (κ2) is 9.84. The minimum absolute atomic E-state index is 0.463. The third-order valence-corrected chi connectivity index (χ3v) is 5.62. The normalized spacial score (nSPS) is 24.9. The van der Waals surface area contributed by atoms with Crippen molar-refractivity contribution in [2.45, 2.75) is 96.6 Å². The van der Waals surface area contributed by atoms with Gasteiger partial charge in [0.1, 0.15) is 0 Å². The summed E-state index contributed by atoms with van der Waals surface area (Å²) in [6.07, 6.45) is 15.9. The molecule has 2 aliphatic rings. The predicted octanol–water partition coefficient (Wildman–Crippen LogP) is 4.92. The van der Waals surface area contributed by atoms with E-state index in [9.17, 15) is 0 Å². The average molecular weight is 296 g/mol. The van der Waals surface area contributed by atoms with Crippen molar-refractivity contribution in [3.05, 3.63) is 0 Å². The van der Waals surface area contributed by atoms with E-state index >= 15 is 0 Å². The molecule has 0 heterocycles. The van der Waals surface area contributed by atoms with E-state index in [1.807, 2.05) is 0 Å². The molecule has 2 saturated carbocycles. The van der Waals surface area contributed by atoms with E-state index in [0.717, 1.165) is 25.0 Å². The highest BCUT2D eigenvalue weighted by Gasteiger charge is 2.35. The first-order chi connectivity index (χ1) is 10.4. The highest BCUT2D eigenvalue weighted by molar-refractivity contribution is 4.90. The number of hydrogen-bond donors (Lipinski definition) is 1. The summed E-state index contributed by atoms with van der Waals surface area (Å²) in [6.45, 7) is 6.48. The molecule has 21 heavy (non-hydrogen) atoms. The highest BCUT2D eigenvalue weighted by Crippen LogP contribution is 2.35. The largest absolute Gasteiger partial charge is 0.377 e. The number of nitrogens with one attached hydrogen (secondary N) is 1. The molecular weight excluding hydrogens is 258 g/mol. The quantitative estimate of drug-likeness (QED) is 0.686. The van der Waals surface area contributed by atoms with Crippen molar-refractivity contribution in [3.63, 3.8) is 0 Å². The molecule has 0 radical (unpaired) electrons. The van der Waals surface area contributed by atoms with Crippen LogP contribution in [-0.2, 0) is 4.74 Å². The fraction of sp³-hybridized carbons (Fsp3) is 1.00. The van der Waals surface area contributed by atoms with E-state index in [1.165, 1.54) is 70.6 Å². The lowest BCUT2D eigenvalue weighted by atomic mass is 9.75. The van der Waals surface area contributed by atoms with Crippen LogP contribution in [0.3, 0.4) is 0 Å². The summed E-state index contributed by atoms with van der Waals surface area (Å²) in [5, 5.41) is 3.90. The standard InChI is InChI=1S/C19H37NO/c1-3-15-20-18(16-11-7-5-8-12-16)19(21-4-2)17-13-9-6-10-14-17/h16-20H,3-15H2,1-2H3. The smallest absolute Gasteiger partial charge is 0.0758 e. The van der Waals surface area contributed by atoms with Crippen molar-refractivity contribution in [3.8, 4) is 0 Å². The van der Waals surface area contributed by atoms with Gasteiger partial charge in [-0.25, -0.2) is 0 Å². The molecule has 0 bridgehead atoms. The van der Waals surface area contributed by atoms with Crippen LogP contribution in [0.2, 0.25) is 0 Å². The van der Waals surface area contributed by atoms with Crippen molar-refractivity contribution >= 4 is 0 Å². The molecule has 0 spiro atoms. The minimum atomic E-state index is 0.463. The van der Waals surface area contributed by atoms with E-state index < -0.39 is 0 Å². The number of rotatable bonds is 8. The molecule has 0 amide bonds. The first kappa shape index (κ1) is 17.3. The fourth-order valence-corrected chi connectivity index (χ4v) is 4.54. The van der Waals surface area contributed by atoms with Gasteiger partial charge in [0, 0.05) is 12.6 Å². The van der Waals surface area contributed by atoms with Gasteiger partial charge in [0.25, 0.3) is 0 Å². The van der Waals surface area contributed by atoms with Crippen LogP contribution in [0, 0.1) is 11.8 Å². The molecule has 0 aliphatic heterocycles. The van der Waals surface area contributed by atoms with Crippen molar-refractivity contribution in [1.82, 2.24) is 5.32 Å². The van der Waals surface area contributed by atoms with Crippen LogP contribution < -0.4 is 5.32 Å². The second-order valence-electron chi connectivity index (χ2n) is 7.20. The van der Waals surface area contributed by atoms with Crippen molar-refractivity contribution in [2.24, 2.45) is 11.8 Å². The van der Waals surface area contributed by atoms with Gasteiger partial charge in [0.2, 0.25) is 0 Å². The van der Waals surface area contributed by atoms with E-state index in [2.05, 4.69) is 19.2 Å². The van der Waals surface area contributed by atoms with Gasteiger partial charge in [-0.05, 0) is 57.4 Å². The van der Waals surface area contributed by atoms with Crippen LogP contribution in [0.5, 0.6) is 0 Å². The molecule has 2 atom stereocenters. The van der Waals surface area contributed by atoms with Crippen molar-refractivity contribution in [2.75, 3.05) is 13.2 Å². The number of hydrogen-bond acceptors (Lipinski definition) is 2. The molecule has 0 aromatic carbocycles. The van der Waals surface area contributed by atoms with Crippen molar-refractivity contribution in [1.29, 1.82) is 0 Å². The van der Waals surface area contributed by atoms with Gasteiger partial charge < -0.3 is 10.1 Å². The van der Waals surface area contributed by atoms with E-state index in [-0.39, 0.29) is 0 Å². The van der Waals surface area contributed by atoms with Crippen LogP contribution in [-0.4, -0.2) is 25.3 Å². The summed E-state index contributed by atoms with van der Waals surface area (Å²) in [5.41, 5.74) is 0. The van der Waals surface area contributed by atoms with Crippen LogP contribution in [0.15, 0.2) is 0 Å². The molecule has 2 rings (SSSR count). The third kappa shape index (κ3) is 5.25.